The fourth-order valence-electron chi connectivity index (χ4n) is 3.56. The van der Waals surface area contributed by atoms with Gasteiger partial charge in [-0.05, 0) is 62.1 Å². The molecule has 1 aliphatic heterocycles. The SMILES string of the molecule is CCOc1cc(C(=O)N(C)Cc2ccc(Br)cc2)ccc1OCC(=O)N1CCCCC1. The first-order chi connectivity index (χ1) is 15.0. The molecular formula is C24H29BrN2O4. The number of hydrogen-bond acceptors (Lipinski definition) is 4. The van der Waals surface area contributed by atoms with Crippen molar-refractivity contribution in [3.8, 4) is 11.5 Å². The minimum absolute atomic E-state index is 0.0171. The number of amides is 2. The fraction of sp³-hybridized carbons (Fsp3) is 0.417. The predicted octanol–water partition coefficient (Wildman–Crippen LogP) is 4.51. The molecule has 1 aliphatic rings. The van der Waals surface area contributed by atoms with Crippen LogP contribution in [-0.4, -0.2) is 55.0 Å². The highest BCUT2D eigenvalue weighted by molar-refractivity contribution is 9.10. The normalized spacial score (nSPS) is 13.6. The number of piperidine rings is 1. The maximum absolute atomic E-state index is 12.9. The van der Waals surface area contributed by atoms with Crippen LogP contribution in [0.3, 0.4) is 0 Å². The van der Waals surface area contributed by atoms with Crippen LogP contribution in [0.2, 0.25) is 0 Å². The Balaban J connectivity index is 1.66. The van der Waals surface area contributed by atoms with E-state index < -0.39 is 0 Å². The summed E-state index contributed by atoms with van der Waals surface area (Å²) in [6.45, 7) is 4.35. The van der Waals surface area contributed by atoms with Gasteiger partial charge in [0.05, 0.1) is 6.61 Å². The van der Waals surface area contributed by atoms with Gasteiger partial charge in [-0.1, -0.05) is 28.1 Å². The molecule has 1 heterocycles. The largest absolute Gasteiger partial charge is 0.490 e. The highest BCUT2D eigenvalue weighted by Gasteiger charge is 2.19. The Labute approximate surface area is 192 Å². The Bertz CT molecular complexity index is 895. The Hall–Kier alpha value is -2.54. The van der Waals surface area contributed by atoms with Crippen LogP contribution in [0.25, 0.3) is 0 Å². The number of nitrogens with zero attached hydrogens (tertiary/aromatic N) is 2. The average molecular weight is 489 g/mol. The van der Waals surface area contributed by atoms with Crippen LogP contribution < -0.4 is 9.47 Å². The van der Waals surface area contributed by atoms with E-state index in [1.165, 1.54) is 6.42 Å². The maximum Gasteiger partial charge on any atom is 0.260 e. The van der Waals surface area contributed by atoms with Gasteiger partial charge in [0.15, 0.2) is 18.1 Å². The smallest absolute Gasteiger partial charge is 0.260 e. The van der Waals surface area contributed by atoms with E-state index >= 15 is 0 Å². The van der Waals surface area contributed by atoms with Crippen LogP contribution in [0.1, 0.15) is 42.1 Å². The van der Waals surface area contributed by atoms with Gasteiger partial charge in [0.25, 0.3) is 11.8 Å². The minimum Gasteiger partial charge on any atom is -0.490 e. The number of rotatable bonds is 8. The van der Waals surface area contributed by atoms with E-state index in [4.69, 9.17) is 9.47 Å². The molecule has 31 heavy (non-hydrogen) atoms. The van der Waals surface area contributed by atoms with Crippen LogP contribution >= 0.6 is 15.9 Å². The van der Waals surface area contributed by atoms with Crippen LogP contribution in [0.15, 0.2) is 46.9 Å². The summed E-state index contributed by atoms with van der Waals surface area (Å²) in [5, 5.41) is 0. The molecule has 0 aromatic heterocycles. The zero-order chi connectivity index (χ0) is 22.2. The number of benzene rings is 2. The first-order valence-corrected chi connectivity index (χ1v) is 11.4. The lowest BCUT2D eigenvalue weighted by Gasteiger charge is -2.26. The van der Waals surface area contributed by atoms with Crippen molar-refractivity contribution in [1.29, 1.82) is 0 Å². The molecule has 0 saturated carbocycles. The second-order valence-corrected chi connectivity index (χ2v) is 8.53. The number of halogens is 1. The zero-order valence-corrected chi connectivity index (χ0v) is 19.7. The standard InChI is InChI=1S/C24H29BrN2O4/c1-3-30-22-15-19(24(29)26(2)16-18-7-10-20(25)11-8-18)9-12-21(22)31-17-23(28)27-13-5-4-6-14-27/h7-12,15H,3-6,13-14,16-17H2,1-2H3. The van der Waals surface area contributed by atoms with Gasteiger partial charge < -0.3 is 19.3 Å². The third-order valence-corrected chi connectivity index (χ3v) is 5.76. The number of likely N-dealkylation sites (tertiary alicyclic amines) is 1. The number of carbonyl (C=O) groups excluding carboxylic acids is 2. The first-order valence-electron chi connectivity index (χ1n) is 10.6. The summed E-state index contributed by atoms with van der Waals surface area (Å²) in [6.07, 6.45) is 3.26. The molecule has 1 saturated heterocycles. The Kier molecular flexibility index (Phi) is 8.35. The Morgan fingerprint density at radius 3 is 2.39 bits per heavy atom. The molecule has 0 unspecified atom stereocenters. The molecule has 1 fully saturated rings. The van der Waals surface area contributed by atoms with Crippen molar-refractivity contribution < 1.29 is 19.1 Å². The van der Waals surface area contributed by atoms with Gasteiger partial charge in [-0.3, -0.25) is 9.59 Å². The summed E-state index contributed by atoms with van der Waals surface area (Å²) in [5.74, 6) is 0.813. The zero-order valence-electron chi connectivity index (χ0n) is 18.1. The molecule has 3 rings (SSSR count). The van der Waals surface area contributed by atoms with Crippen LogP contribution in [0.4, 0.5) is 0 Å². The van der Waals surface area contributed by atoms with Crippen molar-refractivity contribution in [2.75, 3.05) is 33.4 Å². The van der Waals surface area contributed by atoms with Crippen molar-refractivity contribution >= 4 is 27.7 Å². The Morgan fingerprint density at radius 1 is 1.00 bits per heavy atom. The molecule has 0 aliphatic carbocycles. The van der Waals surface area contributed by atoms with Gasteiger partial charge in [-0.25, -0.2) is 0 Å². The molecule has 0 radical (unpaired) electrons. The predicted molar refractivity (Wildman–Crippen MR) is 123 cm³/mol. The third kappa shape index (κ3) is 6.47. The summed E-state index contributed by atoms with van der Waals surface area (Å²) in [5.41, 5.74) is 1.55. The molecule has 0 spiro atoms. The molecule has 0 bridgehead atoms. The van der Waals surface area contributed by atoms with E-state index in [1.807, 2.05) is 36.1 Å². The molecule has 2 aromatic rings. The second kappa shape index (κ2) is 11.2. The Morgan fingerprint density at radius 2 is 1.71 bits per heavy atom. The van der Waals surface area contributed by atoms with Crippen LogP contribution in [0.5, 0.6) is 11.5 Å². The van der Waals surface area contributed by atoms with Gasteiger partial charge in [0.2, 0.25) is 0 Å². The van der Waals surface area contributed by atoms with E-state index in [1.54, 1.807) is 30.1 Å². The van der Waals surface area contributed by atoms with E-state index in [9.17, 15) is 9.59 Å². The summed E-state index contributed by atoms with van der Waals surface area (Å²) in [7, 11) is 1.77. The monoisotopic (exact) mass is 488 g/mol. The van der Waals surface area contributed by atoms with Gasteiger partial charge in [0, 0.05) is 36.7 Å². The summed E-state index contributed by atoms with van der Waals surface area (Å²) in [6, 6.07) is 13.0. The number of ether oxygens (including phenoxy) is 2. The van der Waals surface area contributed by atoms with Crippen molar-refractivity contribution in [2.24, 2.45) is 0 Å². The highest BCUT2D eigenvalue weighted by atomic mass is 79.9. The second-order valence-electron chi connectivity index (χ2n) is 7.61. The molecule has 2 aromatic carbocycles. The number of carbonyl (C=O) groups is 2. The van der Waals surface area contributed by atoms with Gasteiger partial charge >= 0.3 is 0 Å². The minimum atomic E-state index is -0.111. The molecule has 0 N–H and O–H groups in total. The van der Waals surface area contributed by atoms with Crippen LogP contribution in [0, 0.1) is 0 Å². The van der Waals surface area contributed by atoms with Gasteiger partial charge in [0.1, 0.15) is 0 Å². The maximum atomic E-state index is 12.9. The summed E-state index contributed by atoms with van der Waals surface area (Å²) >= 11 is 3.42. The lowest BCUT2D eigenvalue weighted by atomic mass is 10.1. The van der Waals surface area contributed by atoms with E-state index in [0.29, 0.717) is 30.2 Å². The van der Waals surface area contributed by atoms with Crippen molar-refractivity contribution in [3.05, 3.63) is 58.1 Å². The lowest BCUT2D eigenvalue weighted by Crippen LogP contribution is -2.38. The van der Waals surface area contributed by atoms with E-state index in [2.05, 4.69) is 15.9 Å². The number of hydrogen-bond donors (Lipinski definition) is 0. The molecule has 2 amide bonds. The average Bonchev–Trinajstić information content (AvgIpc) is 2.79. The third-order valence-electron chi connectivity index (χ3n) is 5.23. The van der Waals surface area contributed by atoms with Crippen molar-refractivity contribution in [1.82, 2.24) is 9.80 Å². The van der Waals surface area contributed by atoms with Gasteiger partial charge in [-0.2, -0.15) is 0 Å². The molecular weight excluding hydrogens is 460 g/mol. The topological polar surface area (TPSA) is 59.1 Å². The summed E-state index contributed by atoms with van der Waals surface area (Å²) in [4.78, 5) is 28.8. The quantitative estimate of drug-likeness (QED) is 0.548. The highest BCUT2D eigenvalue weighted by Crippen LogP contribution is 2.29. The van der Waals surface area contributed by atoms with E-state index in [0.717, 1.165) is 36.0 Å². The molecule has 6 nitrogen and oxygen atoms in total. The lowest BCUT2D eigenvalue weighted by molar-refractivity contribution is -0.134. The van der Waals surface area contributed by atoms with Crippen LogP contribution in [-0.2, 0) is 11.3 Å². The first kappa shape index (κ1) is 23.1. The van der Waals surface area contributed by atoms with E-state index in [-0.39, 0.29) is 18.4 Å². The molecule has 166 valence electrons. The molecule has 7 heteroatoms. The fourth-order valence-corrected chi connectivity index (χ4v) is 3.82. The van der Waals surface area contributed by atoms with Crippen molar-refractivity contribution in [3.63, 3.8) is 0 Å². The summed E-state index contributed by atoms with van der Waals surface area (Å²) < 4.78 is 12.5. The van der Waals surface area contributed by atoms with Gasteiger partial charge in [-0.15, -0.1) is 0 Å². The van der Waals surface area contributed by atoms with Crippen molar-refractivity contribution in [2.45, 2.75) is 32.7 Å². The molecule has 0 atom stereocenters.